The first-order chi connectivity index (χ1) is 5.43. The molecule has 0 atom stereocenters. The highest BCUT2D eigenvalue weighted by atomic mass is 16.5. The van der Waals surface area contributed by atoms with E-state index in [9.17, 15) is 0 Å². The fraction of sp³-hybridized carbons (Fsp3) is 0.444. The monoisotopic (exact) mass is 150 g/mol. The second kappa shape index (κ2) is 4.85. The molecule has 0 saturated carbocycles. The van der Waals surface area contributed by atoms with Crippen molar-refractivity contribution in [3.63, 3.8) is 0 Å². The van der Waals surface area contributed by atoms with Gasteiger partial charge in [-0.05, 0) is 25.0 Å². The van der Waals surface area contributed by atoms with Gasteiger partial charge in [0.2, 0.25) is 0 Å². The predicted octanol–water partition coefficient (Wildman–Crippen LogP) is 1.46. The Kier molecular flexibility index (Phi) is 3.62. The molecule has 0 aromatic carbocycles. The van der Waals surface area contributed by atoms with Crippen LogP contribution >= 0.6 is 0 Å². The fourth-order valence-electron chi connectivity index (χ4n) is 0.825. The Morgan fingerprint density at radius 3 is 3.18 bits per heavy atom. The van der Waals surface area contributed by atoms with Crippen LogP contribution in [0.1, 0.15) is 12.5 Å². The number of ether oxygens (including phenoxy) is 1. The molecule has 0 saturated heterocycles. The van der Waals surface area contributed by atoms with Crippen LogP contribution in [0.5, 0.6) is 0 Å². The van der Waals surface area contributed by atoms with Crippen LogP contribution in [-0.4, -0.2) is 18.2 Å². The van der Waals surface area contributed by atoms with E-state index < -0.39 is 0 Å². The number of pyridine rings is 1. The lowest BCUT2D eigenvalue weighted by Gasteiger charge is -1.99. The van der Waals surface area contributed by atoms with Crippen LogP contribution in [0.2, 0.25) is 0 Å². The molecule has 1 heterocycles. The maximum atomic E-state index is 5.19. The number of hydrogen-bond acceptors (Lipinski definition) is 2. The van der Waals surface area contributed by atoms with Crippen LogP contribution < -0.4 is 0 Å². The molecule has 0 N–H and O–H groups in total. The molecular weight excluding hydrogens is 138 g/mol. The van der Waals surface area contributed by atoms with Crippen LogP contribution in [0.15, 0.2) is 18.3 Å². The minimum absolute atomic E-state index is 0.763. The Balaban J connectivity index is 2.28. The van der Waals surface area contributed by atoms with E-state index in [2.05, 4.69) is 11.2 Å². The SMILES string of the molecule is CCOCCc1[c]nccc1. The summed E-state index contributed by atoms with van der Waals surface area (Å²) in [5, 5.41) is 0. The minimum atomic E-state index is 0.763. The highest BCUT2D eigenvalue weighted by Gasteiger charge is 1.90. The smallest absolute Gasteiger partial charge is 0.0921 e. The molecule has 0 aliphatic rings. The molecule has 0 spiro atoms. The molecule has 1 rings (SSSR count). The first kappa shape index (κ1) is 8.21. The third-order valence-electron chi connectivity index (χ3n) is 1.39. The molecule has 11 heavy (non-hydrogen) atoms. The summed E-state index contributed by atoms with van der Waals surface area (Å²) in [5.41, 5.74) is 1.11. The van der Waals surface area contributed by atoms with Crippen LogP contribution in [0.3, 0.4) is 0 Å². The molecule has 1 aromatic heterocycles. The van der Waals surface area contributed by atoms with E-state index in [0.29, 0.717) is 0 Å². The van der Waals surface area contributed by atoms with Crippen molar-refractivity contribution < 1.29 is 4.74 Å². The summed E-state index contributed by atoms with van der Waals surface area (Å²) in [6, 6.07) is 3.92. The van der Waals surface area contributed by atoms with E-state index in [-0.39, 0.29) is 0 Å². The molecular formula is C9H12NO. The van der Waals surface area contributed by atoms with Gasteiger partial charge in [-0.3, -0.25) is 4.98 Å². The zero-order valence-corrected chi connectivity index (χ0v) is 6.71. The molecule has 59 valence electrons. The first-order valence-corrected chi connectivity index (χ1v) is 3.83. The van der Waals surface area contributed by atoms with Gasteiger partial charge >= 0.3 is 0 Å². The van der Waals surface area contributed by atoms with Gasteiger partial charge in [0.1, 0.15) is 0 Å². The topological polar surface area (TPSA) is 22.1 Å². The third-order valence-corrected chi connectivity index (χ3v) is 1.39. The average Bonchev–Trinajstić information content (AvgIpc) is 2.07. The van der Waals surface area contributed by atoms with Crippen LogP contribution in [-0.2, 0) is 11.2 Å². The van der Waals surface area contributed by atoms with E-state index in [0.717, 1.165) is 25.2 Å². The second-order valence-electron chi connectivity index (χ2n) is 2.22. The van der Waals surface area contributed by atoms with Crippen molar-refractivity contribution in [1.29, 1.82) is 0 Å². The third kappa shape index (κ3) is 3.14. The number of hydrogen-bond donors (Lipinski definition) is 0. The quantitative estimate of drug-likeness (QED) is 0.606. The predicted molar refractivity (Wildman–Crippen MR) is 43.3 cm³/mol. The van der Waals surface area contributed by atoms with Crippen LogP contribution in [0.25, 0.3) is 0 Å². The Morgan fingerprint density at radius 2 is 2.55 bits per heavy atom. The van der Waals surface area contributed by atoms with Gasteiger partial charge in [-0.1, -0.05) is 6.07 Å². The molecule has 1 aromatic rings. The summed E-state index contributed by atoms with van der Waals surface area (Å²) in [4.78, 5) is 3.88. The largest absolute Gasteiger partial charge is 0.381 e. The summed E-state index contributed by atoms with van der Waals surface area (Å²) in [6.45, 7) is 3.53. The lowest BCUT2D eigenvalue weighted by molar-refractivity contribution is 0.151. The molecule has 2 nitrogen and oxygen atoms in total. The van der Waals surface area contributed by atoms with Crippen molar-refractivity contribution in [3.05, 3.63) is 30.1 Å². The molecule has 0 amide bonds. The molecule has 0 aliphatic carbocycles. The second-order valence-corrected chi connectivity index (χ2v) is 2.22. The zero-order chi connectivity index (χ0) is 7.94. The van der Waals surface area contributed by atoms with Crippen molar-refractivity contribution in [1.82, 2.24) is 4.98 Å². The number of nitrogens with zero attached hydrogens (tertiary/aromatic N) is 1. The van der Waals surface area contributed by atoms with Crippen molar-refractivity contribution in [2.45, 2.75) is 13.3 Å². The standard InChI is InChI=1S/C9H12NO/c1-2-11-7-5-9-4-3-6-10-8-9/h3-4,6H,2,5,7H2,1H3. The lowest BCUT2D eigenvalue weighted by Crippen LogP contribution is -1.97. The molecule has 0 unspecified atom stereocenters. The Morgan fingerprint density at radius 1 is 1.64 bits per heavy atom. The lowest BCUT2D eigenvalue weighted by atomic mass is 10.2. The summed E-state index contributed by atoms with van der Waals surface area (Å²) in [7, 11) is 0. The summed E-state index contributed by atoms with van der Waals surface area (Å²) in [6.07, 6.45) is 5.53. The summed E-state index contributed by atoms with van der Waals surface area (Å²) >= 11 is 0. The van der Waals surface area contributed by atoms with Crippen LogP contribution in [0.4, 0.5) is 0 Å². The van der Waals surface area contributed by atoms with Crippen LogP contribution in [0, 0.1) is 6.20 Å². The van der Waals surface area contributed by atoms with Gasteiger partial charge in [0.05, 0.1) is 12.8 Å². The first-order valence-electron chi connectivity index (χ1n) is 3.83. The Labute approximate surface area is 67.2 Å². The fourth-order valence-corrected chi connectivity index (χ4v) is 0.825. The van der Waals surface area contributed by atoms with Gasteiger partial charge in [0.15, 0.2) is 0 Å². The average molecular weight is 150 g/mol. The summed E-state index contributed by atoms with van der Waals surface area (Å²) in [5.74, 6) is 0. The number of aromatic nitrogens is 1. The van der Waals surface area contributed by atoms with E-state index in [4.69, 9.17) is 4.74 Å². The van der Waals surface area contributed by atoms with Gasteiger partial charge < -0.3 is 4.74 Å². The number of rotatable bonds is 4. The van der Waals surface area contributed by atoms with Gasteiger partial charge in [-0.25, -0.2) is 0 Å². The molecule has 0 fully saturated rings. The van der Waals surface area contributed by atoms with Gasteiger partial charge in [0, 0.05) is 12.8 Å². The highest BCUT2D eigenvalue weighted by Crippen LogP contribution is 1.95. The molecule has 1 radical (unpaired) electrons. The van der Waals surface area contributed by atoms with Gasteiger partial charge in [0.25, 0.3) is 0 Å². The Hall–Kier alpha value is -0.890. The van der Waals surface area contributed by atoms with E-state index in [1.54, 1.807) is 6.20 Å². The maximum absolute atomic E-state index is 5.19. The molecule has 0 aliphatic heterocycles. The van der Waals surface area contributed by atoms with E-state index >= 15 is 0 Å². The van der Waals surface area contributed by atoms with Gasteiger partial charge in [-0.15, -0.1) is 0 Å². The molecule has 0 bridgehead atoms. The van der Waals surface area contributed by atoms with Crippen molar-refractivity contribution >= 4 is 0 Å². The van der Waals surface area contributed by atoms with Crippen molar-refractivity contribution in [3.8, 4) is 0 Å². The van der Waals surface area contributed by atoms with E-state index in [1.807, 2.05) is 19.1 Å². The summed E-state index contributed by atoms with van der Waals surface area (Å²) < 4.78 is 5.19. The van der Waals surface area contributed by atoms with Crippen molar-refractivity contribution in [2.75, 3.05) is 13.2 Å². The maximum Gasteiger partial charge on any atom is 0.0921 e. The Bertz CT molecular complexity index is 186. The van der Waals surface area contributed by atoms with Crippen molar-refractivity contribution in [2.24, 2.45) is 0 Å². The highest BCUT2D eigenvalue weighted by molar-refractivity contribution is 5.06. The molecule has 2 heteroatoms. The normalized spacial score (nSPS) is 9.91. The van der Waals surface area contributed by atoms with Gasteiger partial charge in [-0.2, -0.15) is 0 Å². The zero-order valence-electron chi connectivity index (χ0n) is 6.71. The minimum Gasteiger partial charge on any atom is -0.381 e. The van der Waals surface area contributed by atoms with E-state index in [1.165, 1.54) is 0 Å².